The van der Waals surface area contributed by atoms with Gasteiger partial charge in [-0.15, -0.1) is 0 Å². The highest BCUT2D eigenvalue weighted by molar-refractivity contribution is 6.42. The van der Waals surface area contributed by atoms with E-state index < -0.39 is 11.4 Å². The van der Waals surface area contributed by atoms with E-state index in [0.717, 1.165) is 23.0 Å². The highest BCUT2D eigenvalue weighted by atomic mass is 35.5. The zero-order chi connectivity index (χ0) is 26.8. The number of anilines is 1. The highest BCUT2D eigenvalue weighted by Crippen LogP contribution is 2.22. The van der Waals surface area contributed by atoms with Crippen LogP contribution in [0.5, 0.6) is 5.75 Å². The summed E-state index contributed by atoms with van der Waals surface area (Å²) >= 11 is 12.1. The minimum Gasteiger partial charge on any atom is -0.497 e. The molecule has 1 aromatic heterocycles. The van der Waals surface area contributed by atoms with Gasteiger partial charge in [-0.25, -0.2) is 14.2 Å². The first-order valence-electron chi connectivity index (χ1n) is 11.9. The first kappa shape index (κ1) is 28.1. The second kappa shape index (κ2) is 13.7. The van der Waals surface area contributed by atoms with E-state index in [1.165, 1.54) is 4.57 Å². The van der Waals surface area contributed by atoms with Crippen molar-refractivity contribution in [2.24, 2.45) is 10.7 Å². The molecule has 0 aliphatic rings. The fraction of sp³-hybridized carbons (Fsp3) is 0.360. The van der Waals surface area contributed by atoms with Crippen molar-refractivity contribution >= 4 is 35.1 Å². The number of nitrogens with one attached hydrogen (secondary N) is 2. The molecule has 3 rings (SSSR count). The summed E-state index contributed by atoms with van der Waals surface area (Å²) in [6.07, 6.45) is 1.99. The number of unbranched alkanes of at least 4 members (excludes halogenated alkanes) is 1. The molecule has 0 aliphatic heterocycles. The molecular weight excluding hydrogens is 517 g/mol. The normalized spacial score (nSPS) is 11.4. The predicted molar refractivity (Wildman–Crippen MR) is 148 cm³/mol. The van der Waals surface area contributed by atoms with Gasteiger partial charge in [-0.1, -0.05) is 54.7 Å². The summed E-state index contributed by atoms with van der Waals surface area (Å²) in [7, 11) is 1.58. The van der Waals surface area contributed by atoms with Gasteiger partial charge >= 0.3 is 11.4 Å². The fourth-order valence-corrected chi connectivity index (χ4v) is 3.78. The smallest absolute Gasteiger partial charge is 0.355 e. The van der Waals surface area contributed by atoms with Gasteiger partial charge in [0.05, 0.1) is 30.2 Å². The Bertz CT molecular complexity index is 1340. The van der Waals surface area contributed by atoms with E-state index in [0.29, 0.717) is 47.0 Å². The molecule has 0 radical (unpaired) electrons. The van der Waals surface area contributed by atoms with Crippen LogP contribution in [0.15, 0.2) is 57.0 Å². The lowest BCUT2D eigenvalue weighted by atomic mass is 10.2. The number of hydrogen-bond acceptors (Lipinski definition) is 6. The van der Waals surface area contributed by atoms with Gasteiger partial charge in [0.25, 0.3) is 0 Å². The third-order valence-corrected chi connectivity index (χ3v) is 6.22. The lowest BCUT2D eigenvalue weighted by Crippen LogP contribution is -2.44. The van der Waals surface area contributed by atoms with Gasteiger partial charge in [0, 0.05) is 19.6 Å². The van der Waals surface area contributed by atoms with Crippen molar-refractivity contribution in [1.29, 1.82) is 0 Å². The molecule has 0 unspecified atom stereocenters. The number of ether oxygens (including phenoxy) is 1. The Morgan fingerprint density at radius 3 is 2.41 bits per heavy atom. The number of guanidine groups is 1. The van der Waals surface area contributed by atoms with Crippen LogP contribution >= 0.6 is 23.2 Å². The maximum absolute atomic E-state index is 13.5. The Labute approximate surface area is 225 Å². The van der Waals surface area contributed by atoms with Crippen LogP contribution in [-0.4, -0.2) is 46.8 Å². The number of methoxy groups -OCH3 is 1. The summed E-state index contributed by atoms with van der Waals surface area (Å²) in [6.45, 7) is 3.70. The van der Waals surface area contributed by atoms with Gasteiger partial charge in [-0.05, 0) is 41.8 Å². The van der Waals surface area contributed by atoms with E-state index in [-0.39, 0.29) is 19.0 Å². The molecule has 2 aromatic carbocycles. The van der Waals surface area contributed by atoms with E-state index in [9.17, 15) is 9.59 Å². The van der Waals surface area contributed by atoms with E-state index in [4.69, 9.17) is 33.7 Å². The number of hydrogen-bond donors (Lipinski definition) is 3. The van der Waals surface area contributed by atoms with E-state index in [1.54, 1.807) is 37.4 Å². The van der Waals surface area contributed by atoms with Crippen LogP contribution in [0.1, 0.15) is 30.9 Å². The number of nitrogens with zero attached hydrogens (tertiary/aromatic N) is 4. The molecule has 37 heavy (non-hydrogen) atoms. The van der Waals surface area contributed by atoms with Crippen molar-refractivity contribution in [2.45, 2.75) is 32.9 Å². The monoisotopic (exact) mass is 547 g/mol. The molecule has 10 nitrogen and oxygen atoms in total. The molecule has 3 aromatic rings. The fourth-order valence-electron chi connectivity index (χ4n) is 3.45. The maximum atomic E-state index is 13.5. The Morgan fingerprint density at radius 1 is 1.03 bits per heavy atom. The Morgan fingerprint density at radius 2 is 1.73 bits per heavy atom. The lowest BCUT2D eigenvalue weighted by molar-refractivity contribution is 0.414. The molecule has 0 saturated carbocycles. The molecular formula is C25H31Cl2N7O3. The van der Waals surface area contributed by atoms with Crippen molar-refractivity contribution in [3.05, 3.63) is 84.6 Å². The molecule has 198 valence electrons. The zero-order valence-corrected chi connectivity index (χ0v) is 22.3. The standard InChI is InChI=1S/C25H31Cl2N7O3/c1-3-4-11-29-22(28)30-12-13-31-23-32-24(35)34(16-18-7-10-20(26)21(27)14-18)25(36)33(23)15-17-5-8-19(37-2)9-6-17/h5-10,14H,3-4,11-13,15-16H2,1-2H3,(H3,28,29,30)(H,31,32,35). The minimum absolute atomic E-state index is 0.00321. The van der Waals surface area contributed by atoms with Crippen LogP contribution in [0.2, 0.25) is 10.0 Å². The molecule has 0 saturated heterocycles. The average molecular weight is 548 g/mol. The maximum Gasteiger partial charge on any atom is 0.355 e. The largest absolute Gasteiger partial charge is 0.497 e. The summed E-state index contributed by atoms with van der Waals surface area (Å²) in [5, 5.41) is 6.80. The topological polar surface area (TPSA) is 129 Å². The molecule has 0 amide bonds. The number of aliphatic imine (C=N–C) groups is 1. The molecule has 0 aliphatic carbocycles. The number of halogens is 2. The lowest BCUT2D eigenvalue weighted by Gasteiger charge is -2.16. The molecule has 0 spiro atoms. The summed E-state index contributed by atoms with van der Waals surface area (Å²) < 4.78 is 7.69. The highest BCUT2D eigenvalue weighted by Gasteiger charge is 2.15. The van der Waals surface area contributed by atoms with Gasteiger partial charge < -0.3 is 21.1 Å². The van der Waals surface area contributed by atoms with Crippen molar-refractivity contribution in [3.63, 3.8) is 0 Å². The molecule has 0 atom stereocenters. The van der Waals surface area contributed by atoms with Crippen molar-refractivity contribution in [3.8, 4) is 5.75 Å². The van der Waals surface area contributed by atoms with E-state index in [2.05, 4.69) is 27.5 Å². The van der Waals surface area contributed by atoms with Crippen LogP contribution in [0, 0.1) is 0 Å². The summed E-state index contributed by atoms with van der Waals surface area (Å²) in [5.74, 6) is 1.19. The van der Waals surface area contributed by atoms with Crippen LogP contribution < -0.4 is 32.5 Å². The second-order valence-corrected chi connectivity index (χ2v) is 9.06. The third kappa shape index (κ3) is 7.99. The summed E-state index contributed by atoms with van der Waals surface area (Å²) in [5.41, 5.74) is 6.15. The second-order valence-electron chi connectivity index (χ2n) is 8.24. The van der Waals surface area contributed by atoms with Gasteiger partial charge in [-0.3, -0.25) is 9.56 Å². The minimum atomic E-state index is -0.682. The van der Waals surface area contributed by atoms with Crippen LogP contribution in [-0.2, 0) is 13.1 Å². The number of rotatable bonds is 12. The van der Waals surface area contributed by atoms with Gasteiger partial charge in [0.2, 0.25) is 5.95 Å². The number of benzene rings is 2. The molecule has 4 N–H and O–H groups in total. The summed E-state index contributed by atoms with van der Waals surface area (Å²) in [4.78, 5) is 34.8. The van der Waals surface area contributed by atoms with Gasteiger partial charge in [-0.2, -0.15) is 4.98 Å². The van der Waals surface area contributed by atoms with Crippen molar-refractivity contribution in [1.82, 2.24) is 19.4 Å². The van der Waals surface area contributed by atoms with Crippen LogP contribution in [0.3, 0.4) is 0 Å². The number of aromatic nitrogens is 3. The molecule has 0 fully saturated rings. The van der Waals surface area contributed by atoms with Gasteiger partial charge in [0.15, 0.2) is 5.96 Å². The number of nitrogens with two attached hydrogens (primary N) is 1. The average Bonchev–Trinajstić information content (AvgIpc) is 2.89. The quantitative estimate of drug-likeness (QED) is 0.180. The van der Waals surface area contributed by atoms with Crippen LogP contribution in [0.25, 0.3) is 0 Å². The first-order chi connectivity index (χ1) is 17.8. The molecule has 0 bridgehead atoms. The third-order valence-electron chi connectivity index (χ3n) is 5.48. The molecule has 1 heterocycles. The zero-order valence-electron chi connectivity index (χ0n) is 20.8. The van der Waals surface area contributed by atoms with E-state index >= 15 is 0 Å². The summed E-state index contributed by atoms with van der Waals surface area (Å²) in [6, 6.07) is 12.2. The Hall–Kier alpha value is -3.50. The molecule has 12 heteroatoms. The Balaban J connectivity index is 1.86. The Kier molecular flexibility index (Phi) is 10.4. The van der Waals surface area contributed by atoms with Gasteiger partial charge in [0.1, 0.15) is 5.75 Å². The SMILES string of the molecule is CCCCN=C(N)NCCNc1nc(=O)n(Cc2ccc(Cl)c(Cl)c2)c(=O)n1Cc1ccc(OC)cc1. The first-order valence-corrected chi connectivity index (χ1v) is 12.6. The van der Waals surface area contributed by atoms with Crippen molar-refractivity contribution < 1.29 is 4.74 Å². The van der Waals surface area contributed by atoms with Crippen LogP contribution in [0.4, 0.5) is 5.95 Å². The van der Waals surface area contributed by atoms with E-state index in [1.807, 2.05) is 12.1 Å². The van der Waals surface area contributed by atoms with Crippen molar-refractivity contribution in [2.75, 3.05) is 32.1 Å². The predicted octanol–water partition coefficient (Wildman–Crippen LogP) is 2.93.